The molecule has 0 unspecified atom stereocenters. The maximum atomic E-state index is 13.1. The summed E-state index contributed by atoms with van der Waals surface area (Å²) in [6.45, 7) is 7.89. The molecule has 6 rings (SSSR count). The molecule has 3 aliphatic rings. The molecule has 2 aromatic heterocycles. The van der Waals surface area contributed by atoms with E-state index in [4.69, 9.17) is 4.98 Å². The van der Waals surface area contributed by atoms with Gasteiger partial charge in [-0.3, -0.25) is 9.59 Å². The Morgan fingerprint density at radius 2 is 1.78 bits per heavy atom. The number of nitrogens with zero attached hydrogens (tertiary/aromatic N) is 6. The first-order chi connectivity index (χ1) is 19.7. The van der Waals surface area contributed by atoms with Crippen molar-refractivity contribution >= 4 is 34.7 Å². The van der Waals surface area contributed by atoms with E-state index in [-0.39, 0.29) is 17.9 Å². The van der Waals surface area contributed by atoms with Crippen molar-refractivity contribution in [2.45, 2.75) is 52.0 Å². The Morgan fingerprint density at radius 1 is 1.05 bits per heavy atom. The predicted molar refractivity (Wildman–Crippen MR) is 161 cm³/mol. The van der Waals surface area contributed by atoms with E-state index in [1.807, 2.05) is 53.4 Å². The van der Waals surface area contributed by atoms with Crippen molar-refractivity contribution in [3.63, 3.8) is 0 Å². The van der Waals surface area contributed by atoms with E-state index in [1.165, 1.54) is 5.57 Å². The summed E-state index contributed by atoms with van der Waals surface area (Å²) in [6, 6.07) is 11.9. The van der Waals surface area contributed by atoms with E-state index in [9.17, 15) is 9.59 Å². The molecule has 2 aliphatic heterocycles. The Hall–Kier alpha value is -3.72. The molecule has 0 atom stereocenters. The van der Waals surface area contributed by atoms with Gasteiger partial charge in [0.1, 0.15) is 0 Å². The number of anilines is 2. The molecule has 9 nitrogen and oxygen atoms in total. The van der Waals surface area contributed by atoms with Crippen LogP contribution in [0.3, 0.4) is 0 Å². The lowest BCUT2D eigenvalue weighted by atomic mass is 9.64. The SMILES string of the molecule is CN1CCC(N(C)C(=O)c2ccc(Nc3nc4c(C5=CCN(C(=O)C6CC(C)(C)C6)CC5)cccn4n3)cc2)CC1. The fraction of sp³-hybridized carbons (Fsp3) is 0.500. The molecule has 3 aromatic rings. The van der Waals surface area contributed by atoms with E-state index in [0.717, 1.165) is 68.6 Å². The molecule has 1 saturated heterocycles. The van der Waals surface area contributed by atoms with Crippen LogP contribution in [0.4, 0.5) is 11.6 Å². The van der Waals surface area contributed by atoms with Crippen molar-refractivity contribution in [1.82, 2.24) is 29.3 Å². The summed E-state index contributed by atoms with van der Waals surface area (Å²) >= 11 is 0. The number of pyridine rings is 1. The lowest BCUT2D eigenvalue weighted by Gasteiger charge is -2.44. The summed E-state index contributed by atoms with van der Waals surface area (Å²) in [5, 5.41) is 7.93. The van der Waals surface area contributed by atoms with Crippen LogP contribution < -0.4 is 5.32 Å². The molecule has 1 N–H and O–H groups in total. The number of hydrogen-bond donors (Lipinski definition) is 1. The average Bonchev–Trinajstić information content (AvgIpc) is 3.38. The first-order valence-electron chi connectivity index (χ1n) is 14.8. The van der Waals surface area contributed by atoms with Gasteiger partial charge in [0.2, 0.25) is 11.9 Å². The number of rotatable bonds is 6. The van der Waals surface area contributed by atoms with Crippen LogP contribution in [-0.2, 0) is 4.79 Å². The summed E-state index contributed by atoms with van der Waals surface area (Å²) in [5.74, 6) is 1.04. The van der Waals surface area contributed by atoms with Crippen LogP contribution in [0.5, 0.6) is 0 Å². The fourth-order valence-electron chi connectivity index (χ4n) is 6.61. The van der Waals surface area contributed by atoms with E-state index in [1.54, 1.807) is 4.52 Å². The van der Waals surface area contributed by atoms with E-state index in [2.05, 4.69) is 48.4 Å². The molecule has 0 radical (unpaired) electrons. The Labute approximate surface area is 242 Å². The molecule has 216 valence electrons. The number of benzene rings is 1. The third-order valence-electron chi connectivity index (χ3n) is 9.12. The van der Waals surface area contributed by atoms with Gasteiger partial charge >= 0.3 is 0 Å². The standard InChI is InChI=1S/C32H41N7O2/c1-32(2)20-24(21-32)30(41)38-18-11-22(12-19-38)27-6-5-15-39-28(27)34-31(35-39)33-25-9-7-23(8-10-25)29(40)37(4)26-13-16-36(3)17-14-26/h5-11,15,24,26H,12-14,16-21H2,1-4H3,(H,33,35). The Bertz CT molecular complexity index is 1460. The number of hydrogen-bond acceptors (Lipinski definition) is 6. The minimum atomic E-state index is 0.0548. The van der Waals surface area contributed by atoms with Crippen molar-refractivity contribution in [1.29, 1.82) is 0 Å². The van der Waals surface area contributed by atoms with E-state index >= 15 is 0 Å². The Kier molecular flexibility index (Phi) is 7.32. The van der Waals surface area contributed by atoms with Crippen LogP contribution in [0, 0.1) is 11.3 Å². The van der Waals surface area contributed by atoms with Crippen LogP contribution in [0.1, 0.15) is 61.9 Å². The number of carbonyl (C=O) groups excluding carboxylic acids is 2. The second-order valence-electron chi connectivity index (χ2n) is 12.8. The monoisotopic (exact) mass is 555 g/mol. The fourth-order valence-corrected chi connectivity index (χ4v) is 6.61. The first kappa shape index (κ1) is 27.4. The van der Waals surface area contributed by atoms with Gasteiger partial charge in [0.25, 0.3) is 5.91 Å². The van der Waals surface area contributed by atoms with Crippen LogP contribution in [0.15, 0.2) is 48.7 Å². The molecule has 0 bridgehead atoms. The van der Waals surface area contributed by atoms with Crippen LogP contribution in [0.2, 0.25) is 0 Å². The number of fused-ring (bicyclic) bond motifs is 1. The molecule has 1 aliphatic carbocycles. The Balaban J connectivity index is 1.11. The number of carbonyl (C=O) groups is 2. The minimum Gasteiger partial charge on any atom is -0.339 e. The molecule has 2 fully saturated rings. The minimum absolute atomic E-state index is 0.0548. The zero-order valence-corrected chi connectivity index (χ0v) is 24.6. The van der Waals surface area contributed by atoms with Gasteiger partial charge in [-0.1, -0.05) is 19.9 Å². The average molecular weight is 556 g/mol. The molecular weight excluding hydrogens is 514 g/mol. The summed E-state index contributed by atoms with van der Waals surface area (Å²) in [4.78, 5) is 37.0. The molecule has 2 amide bonds. The molecular formula is C32H41N7O2. The third-order valence-corrected chi connectivity index (χ3v) is 9.12. The quantitative estimate of drug-likeness (QED) is 0.475. The largest absolute Gasteiger partial charge is 0.339 e. The molecule has 0 spiro atoms. The van der Waals surface area contributed by atoms with Crippen molar-refractivity contribution in [3.8, 4) is 0 Å². The van der Waals surface area contributed by atoms with Crippen molar-refractivity contribution in [3.05, 3.63) is 59.8 Å². The summed E-state index contributed by atoms with van der Waals surface area (Å²) in [6.07, 6.45) is 8.86. The highest BCUT2D eigenvalue weighted by molar-refractivity contribution is 5.94. The number of likely N-dealkylation sites (tertiary alicyclic amines) is 1. The van der Waals surface area contributed by atoms with Crippen LogP contribution in [-0.4, -0.2) is 87.4 Å². The summed E-state index contributed by atoms with van der Waals surface area (Å²) in [5.41, 5.74) is 4.83. The topological polar surface area (TPSA) is 86.1 Å². The highest BCUT2D eigenvalue weighted by Crippen LogP contribution is 2.45. The van der Waals surface area contributed by atoms with Gasteiger partial charge in [-0.2, -0.15) is 4.98 Å². The highest BCUT2D eigenvalue weighted by Gasteiger charge is 2.42. The zero-order chi connectivity index (χ0) is 28.7. The first-order valence-corrected chi connectivity index (χ1v) is 14.8. The maximum absolute atomic E-state index is 13.1. The third kappa shape index (κ3) is 5.73. The second kappa shape index (κ2) is 10.9. The van der Waals surface area contributed by atoms with Crippen LogP contribution >= 0.6 is 0 Å². The molecule has 9 heteroatoms. The van der Waals surface area contributed by atoms with Gasteiger partial charge in [0.15, 0.2) is 5.65 Å². The van der Waals surface area contributed by atoms with Gasteiger partial charge in [-0.15, -0.1) is 5.10 Å². The molecule has 41 heavy (non-hydrogen) atoms. The van der Waals surface area contributed by atoms with Gasteiger partial charge in [0, 0.05) is 55.1 Å². The Morgan fingerprint density at radius 3 is 2.44 bits per heavy atom. The zero-order valence-electron chi connectivity index (χ0n) is 24.6. The number of piperidine rings is 1. The van der Waals surface area contributed by atoms with Crippen LogP contribution in [0.25, 0.3) is 11.2 Å². The van der Waals surface area contributed by atoms with Gasteiger partial charge < -0.3 is 20.0 Å². The molecule has 1 saturated carbocycles. The number of nitrogens with one attached hydrogen (secondary N) is 1. The normalized spacial score (nSPS) is 20.0. The maximum Gasteiger partial charge on any atom is 0.253 e. The van der Waals surface area contributed by atoms with Crippen molar-refractivity contribution in [2.24, 2.45) is 11.3 Å². The second-order valence-corrected chi connectivity index (χ2v) is 12.8. The summed E-state index contributed by atoms with van der Waals surface area (Å²) in [7, 11) is 4.04. The smallest absolute Gasteiger partial charge is 0.253 e. The lowest BCUT2D eigenvalue weighted by Crippen LogP contribution is -2.46. The van der Waals surface area contributed by atoms with E-state index < -0.39 is 0 Å². The molecule has 1 aromatic carbocycles. The molecule has 4 heterocycles. The van der Waals surface area contributed by atoms with E-state index in [0.29, 0.717) is 29.4 Å². The highest BCUT2D eigenvalue weighted by atomic mass is 16.2. The van der Waals surface area contributed by atoms with Crippen molar-refractivity contribution < 1.29 is 9.59 Å². The predicted octanol–water partition coefficient (Wildman–Crippen LogP) is 4.69. The van der Waals surface area contributed by atoms with Gasteiger partial charge in [0.05, 0.1) is 0 Å². The van der Waals surface area contributed by atoms with Crippen molar-refractivity contribution in [2.75, 3.05) is 45.6 Å². The summed E-state index contributed by atoms with van der Waals surface area (Å²) < 4.78 is 1.79. The van der Waals surface area contributed by atoms with Gasteiger partial charge in [-0.25, -0.2) is 4.52 Å². The lowest BCUT2D eigenvalue weighted by molar-refractivity contribution is -0.142. The number of amides is 2. The van der Waals surface area contributed by atoms with Gasteiger partial charge in [-0.05, 0) is 99.6 Å². The number of aromatic nitrogens is 3.